The number of aliphatic carboxylic acids is 1. The van der Waals surface area contributed by atoms with E-state index in [0.29, 0.717) is 39.2 Å². The van der Waals surface area contributed by atoms with E-state index in [1.165, 1.54) is 19.2 Å². The Morgan fingerprint density at radius 1 is 1.28 bits per heavy atom. The van der Waals surface area contributed by atoms with Gasteiger partial charge in [0.15, 0.2) is 11.6 Å². The van der Waals surface area contributed by atoms with Crippen LogP contribution in [0.25, 0.3) is 0 Å². The average Bonchev–Trinajstić information content (AvgIpc) is 3.13. The molecule has 8 heteroatoms. The number of hydrogen-bond donors (Lipinski definition) is 1. The summed E-state index contributed by atoms with van der Waals surface area (Å²) in [5.41, 5.74) is -1.05. The number of halogens is 1. The van der Waals surface area contributed by atoms with Crippen molar-refractivity contribution >= 4 is 11.9 Å². The Kier molecular flexibility index (Phi) is 4.91. The second-order valence-electron chi connectivity index (χ2n) is 6.24. The predicted octanol–water partition coefficient (Wildman–Crippen LogP) is 0.836. The van der Waals surface area contributed by atoms with Crippen molar-refractivity contribution in [1.29, 1.82) is 0 Å². The number of nitrogens with zero attached hydrogens (tertiary/aromatic N) is 2. The van der Waals surface area contributed by atoms with Gasteiger partial charge in [-0.25, -0.2) is 4.39 Å². The fourth-order valence-corrected chi connectivity index (χ4v) is 3.45. The Hall–Kier alpha value is -2.19. The largest absolute Gasteiger partial charge is 0.494 e. The molecule has 2 aliphatic heterocycles. The van der Waals surface area contributed by atoms with E-state index in [9.17, 15) is 19.1 Å². The van der Waals surface area contributed by atoms with Crippen molar-refractivity contribution in [2.75, 3.05) is 46.5 Å². The maximum absolute atomic E-state index is 14.3. The highest BCUT2D eigenvalue weighted by atomic mass is 19.1. The first-order valence-corrected chi connectivity index (χ1v) is 8.17. The molecular weight excluding hydrogens is 331 g/mol. The zero-order valence-electron chi connectivity index (χ0n) is 14.0. The van der Waals surface area contributed by atoms with E-state index in [1.807, 2.05) is 4.90 Å². The van der Waals surface area contributed by atoms with Gasteiger partial charge in [-0.05, 0) is 12.1 Å². The number of piperazine rings is 1. The van der Waals surface area contributed by atoms with Gasteiger partial charge >= 0.3 is 5.97 Å². The van der Waals surface area contributed by atoms with Crippen LogP contribution < -0.4 is 4.74 Å². The smallest absolute Gasteiger partial charge is 0.326 e. The summed E-state index contributed by atoms with van der Waals surface area (Å²) in [4.78, 5) is 27.7. The quantitative estimate of drug-likeness (QED) is 0.865. The van der Waals surface area contributed by atoms with Crippen LogP contribution in [0.3, 0.4) is 0 Å². The molecule has 1 aromatic carbocycles. The minimum Gasteiger partial charge on any atom is -0.494 e. The van der Waals surface area contributed by atoms with Gasteiger partial charge in [0, 0.05) is 39.2 Å². The summed E-state index contributed by atoms with van der Waals surface area (Å²) in [7, 11) is 1.35. The van der Waals surface area contributed by atoms with Gasteiger partial charge < -0.3 is 19.5 Å². The maximum Gasteiger partial charge on any atom is 0.326 e. The number of rotatable bonds is 4. The van der Waals surface area contributed by atoms with Crippen molar-refractivity contribution in [3.8, 4) is 5.75 Å². The zero-order chi connectivity index (χ0) is 18.0. The molecule has 136 valence electrons. The van der Waals surface area contributed by atoms with Crippen LogP contribution in [0, 0.1) is 5.82 Å². The van der Waals surface area contributed by atoms with Crippen molar-refractivity contribution < 1.29 is 28.6 Å². The van der Waals surface area contributed by atoms with Gasteiger partial charge in [-0.15, -0.1) is 0 Å². The number of carboxylic acid groups (broad SMARTS) is 1. The normalized spacial score (nSPS) is 24.3. The Morgan fingerprint density at radius 3 is 2.56 bits per heavy atom. The van der Waals surface area contributed by atoms with E-state index >= 15 is 0 Å². The van der Waals surface area contributed by atoms with Crippen LogP contribution in [0.1, 0.15) is 16.8 Å². The Bertz CT molecular complexity index is 667. The SMILES string of the molecule is COc1cccc(C(=O)N2CCN(C3(C(=O)O)CCOC3)CC2)c1F. The lowest BCUT2D eigenvalue weighted by Gasteiger charge is -2.42. The number of carboxylic acids is 1. The van der Waals surface area contributed by atoms with Crippen LogP contribution in [-0.2, 0) is 9.53 Å². The molecule has 7 nitrogen and oxygen atoms in total. The number of carbonyl (C=O) groups is 2. The lowest BCUT2D eigenvalue weighted by molar-refractivity contribution is -0.152. The van der Waals surface area contributed by atoms with Crippen molar-refractivity contribution in [3.63, 3.8) is 0 Å². The van der Waals surface area contributed by atoms with Crippen molar-refractivity contribution in [1.82, 2.24) is 9.80 Å². The topological polar surface area (TPSA) is 79.3 Å². The zero-order valence-corrected chi connectivity index (χ0v) is 14.0. The molecule has 2 fully saturated rings. The number of carbonyl (C=O) groups excluding carboxylic acids is 1. The lowest BCUT2D eigenvalue weighted by atomic mass is 9.95. The molecule has 1 amide bonds. The highest BCUT2D eigenvalue weighted by Gasteiger charge is 2.48. The molecule has 0 aromatic heterocycles. The summed E-state index contributed by atoms with van der Waals surface area (Å²) in [5.74, 6) is -1.97. The first kappa shape index (κ1) is 17.6. The van der Waals surface area contributed by atoms with Crippen LogP contribution >= 0.6 is 0 Å². The molecule has 1 N–H and O–H groups in total. The molecule has 1 aromatic rings. The summed E-state index contributed by atoms with van der Waals surface area (Å²) in [6.07, 6.45) is 0.431. The van der Waals surface area contributed by atoms with Gasteiger partial charge in [0.25, 0.3) is 5.91 Å². The summed E-state index contributed by atoms with van der Waals surface area (Å²) in [5, 5.41) is 9.60. The highest BCUT2D eigenvalue weighted by molar-refractivity contribution is 5.95. The van der Waals surface area contributed by atoms with Gasteiger partial charge in [-0.1, -0.05) is 6.07 Å². The fourth-order valence-electron chi connectivity index (χ4n) is 3.45. The standard InChI is InChI=1S/C17H21FN2O5/c1-24-13-4-2-3-12(14(13)18)15(21)19-6-8-20(9-7-19)17(16(22)23)5-10-25-11-17/h2-4H,5-11H2,1H3,(H,22,23). The summed E-state index contributed by atoms with van der Waals surface area (Å²) in [6.45, 7) is 2.07. The number of methoxy groups -OCH3 is 1. The van der Waals surface area contributed by atoms with E-state index in [4.69, 9.17) is 9.47 Å². The third-order valence-electron chi connectivity index (χ3n) is 4.98. The first-order valence-electron chi connectivity index (χ1n) is 8.17. The molecule has 2 aliphatic rings. The third-order valence-corrected chi connectivity index (χ3v) is 4.98. The third kappa shape index (κ3) is 3.07. The summed E-state index contributed by atoms with van der Waals surface area (Å²) >= 11 is 0. The van der Waals surface area contributed by atoms with Crippen molar-refractivity contribution in [2.24, 2.45) is 0 Å². The van der Waals surface area contributed by atoms with Gasteiger partial charge in [0.1, 0.15) is 5.54 Å². The van der Waals surface area contributed by atoms with Crippen LogP contribution in [0.4, 0.5) is 4.39 Å². The second kappa shape index (κ2) is 6.97. The molecule has 2 heterocycles. The maximum atomic E-state index is 14.3. The monoisotopic (exact) mass is 352 g/mol. The molecule has 1 atom stereocenters. The van der Waals surface area contributed by atoms with E-state index in [0.717, 1.165) is 0 Å². The van der Waals surface area contributed by atoms with Crippen LogP contribution in [0.15, 0.2) is 18.2 Å². The average molecular weight is 352 g/mol. The summed E-state index contributed by atoms with van der Waals surface area (Å²) < 4.78 is 24.5. The van der Waals surface area contributed by atoms with Gasteiger partial charge in [0.2, 0.25) is 0 Å². The highest BCUT2D eigenvalue weighted by Crippen LogP contribution is 2.28. The summed E-state index contributed by atoms with van der Waals surface area (Å²) in [6, 6.07) is 4.46. The van der Waals surface area contributed by atoms with Gasteiger partial charge in [-0.3, -0.25) is 14.5 Å². The van der Waals surface area contributed by atoms with E-state index in [1.54, 1.807) is 11.0 Å². The van der Waals surface area contributed by atoms with Crippen molar-refractivity contribution in [3.05, 3.63) is 29.6 Å². The molecule has 0 radical (unpaired) electrons. The molecule has 1 unspecified atom stereocenters. The molecule has 0 aliphatic carbocycles. The Morgan fingerprint density at radius 2 is 2.00 bits per heavy atom. The molecule has 0 spiro atoms. The van der Waals surface area contributed by atoms with Crippen LogP contribution in [0.2, 0.25) is 0 Å². The molecule has 3 rings (SSSR count). The Labute approximate surface area is 144 Å². The van der Waals surface area contributed by atoms with Gasteiger partial charge in [0.05, 0.1) is 19.3 Å². The molecule has 25 heavy (non-hydrogen) atoms. The fraction of sp³-hybridized carbons (Fsp3) is 0.529. The lowest BCUT2D eigenvalue weighted by Crippen LogP contribution is -2.61. The minimum atomic E-state index is -1.02. The van der Waals surface area contributed by atoms with Gasteiger partial charge in [-0.2, -0.15) is 0 Å². The van der Waals surface area contributed by atoms with Crippen LogP contribution in [-0.4, -0.2) is 78.8 Å². The first-order chi connectivity index (χ1) is 12.0. The van der Waals surface area contributed by atoms with Crippen molar-refractivity contribution in [2.45, 2.75) is 12.0 Å². The van der Waals surface area contributed by atoms with Crippen LogP contribution in [0.5, 0.6) is 5.75 Å². The van der Waals surface area contributed by atoms with E-state index < -0.39 is 23.2 Å². The minimum absolute atomic E-state index is 0.0254. The Balaban J connectivity index is 1.70. The second-order valence-corrected chi connectivity index (χ2v) is 6.24. The molecule has 0 saturated carbocycles. The predicted molar refractivity (Wildman–Crippen MR) is 86.2 cm³/mol. The number of amides is 1. The molecular formula is C17H21FN2O5. The number of hydrogen-bond acceptors (Lipinski definition) is 5. The van der Waals surface area contributed by atoms with E-state index in [2.05, 4.69) is 0 Å². The molecule has 0 bridgehead atoms. The number of ether oxygens (including phenoxy) is 2. The van der Waals surface area contributed by atoms with E-state index in [-0.39, 0.29) is 17.9 Å². The number of benzene rings is 1. The molecule has 2 saturated heterocycles.